The molecule has 9 nitrogen and oxygen atoms in total. The van der Waals surface area contributed by atoms with Crippen LogP contribution in [0.4, 0.5) is 10.5 Å². The summed E-state index contributed by atoms with van der Waals surface area (Å²) >= 11 is 6.90. The van der Waals surface area contributed by atoms with Gasteiger partial charge in [0.15, 0.2) is 0 Å². The van der Waals surface area contributed by atoms with Gasteiger partial charge < -0.3 is 9.47 Å². The minimum atomic E-state index is -3.74. The predicted octanol–water partition coefficient (Wildman–Crippen LogP) is 4.75. The van der Waals surface area contributed by atoms with Gasteiger partial charge in [-0.3, -0.25) is 10.1 Å². The number of hydrogen-bond acceptors (Lipinski definition) is 8. The molecule has 12 heteroatoms. The summed E-state index contributed by atoms with van der Waals surface area (Å²) in [5, 5.41) is 10.7. The van der Waals surface area contributed by atoms with Crippen LogP contribution in [0.3, 0.4) is 0 Å². The molecule has 2 aliphatic rings. The van der Waals surface area contributed by atoms with Gasteiger partial charge in [0.1, 0.15) is 16.6 Å². The van der Waals surface area contributed by atoms with Crippen molar-refractivity contribution in [1.82, 2.24) is 4.72 Å². The third kappa shape index (κ3) is 4.75. The highest BCUT2D eigenvalue weighted by molar-refractivity contribution is 7.91. The lowest BCUT2D eigenvalue weighted by Crippen LogP contribution is -2.51. The lowest BCUT2D eigenvalue weighted by molar-refractivity contribution is -0.384. The van der Waals surface area contributed by atoms with E-state index in [0.29, 0.717) is 4.34 Å². The van der Waals surface area contributed by atoms with E-state index < -0.39 is 26.5 Å². The van der Waals surface area contributed by atoms with Crippen molar-refractivity contribution in [3.63, 3.8) is 0 Å². The zero-order valence-corrected chi connectivity index (χ0v) is 19.2. The number of halogens is 1. The number of thiophene rings is 1. The van der Waals surface area contributed by atoms with Crippen molar-refractivity contribution >= 4 is 44.8 Å². The Balaban J connectivity index is 1.43. The number of ether oxygens (including phenoxy) is 2. The molecule has 2 aliphatic carbocycles. The van der Waals surface area contributed by atoms with E-state index in [1.54, 1.807) is 6.07 Å². The monoisotopic (exact) mass is 500 g/mol. The maximum atomic E-state index is 12.9. The number of hydrogen-bond donors (Lipinski definition) is 1. The third-order valence-electron chi connectivity index (χ3n) is 6.22. The summed E-state index contributed by atoms with van der Waals surface area (Å²) in [5.74, 6) is 0.293. The molecule has 0 unspecified atom stereocenters. The van der Waals surface area contributed by atoms with E-state index in [0.717, 1.165) is 43.4 Å². The fourth-order valence-corrected chi connectivity index (χ4v) is 7.60. The van der Waals surface area contributed by atoms with E-state index in [2.05, 4.69) is 4.72 Å². The van der Waals surface area contributed by atoms with Gasteiger partial charge in [-0.15, -0.1) is 11.3 Å². The van der Waals surface area contributed by atoms with E-state index in [-0.39, 0.29) is 34.2 Å². The number of carbonyl (C=O) groups is 1. The van der Waals surface area contributed by atoms with Gasteiger partial charge in [-0.25, -0.2) is 17.9 Å². The molecule has 0 aliphatic heterocycles. The van der Waals surface area contributed by atoms with Crippen molar-refractivity contribution in [2.45, 2.75) is 42.4 Å². The SMILES string of the molecule is O=C(OC[C@@]12CCC[C@@H](CC1)[C@@H]2NS(=O)(=O)c1ccc(Cl)s1)Oc1ccc([N+](=O)[O-])cc1. The maximum absolute atomic E-state index is 12.9. The summed E-state index contributed by atoms with van der Waals surface area (Å²) in [6, 6.07) is 7.75. The number of non-ortho nitro benzene ring substituents is 1. The van der Waals surface area contributed by atoms with Crippen LogP contribution in [0.25, 0.3) is 0 Å². The van der Waals surface area contributed by atoms with Crippen molar-refractivity contribution in [2.75, 3.05) is 6.61 Å². The molecular formula is C20H21ClN2O7S2. The molecule has 1 heterocycles. The van der Waals surface area contributed by atoms with Crippen LogP contribution in [-0.4, -0.2) is 32.1 Å². The molecule has 4 rings (SSSR count). The number of benzene rings is 1. The molecule has 172 valence electrons. The first-order chi connectivity index (χ1) is 15.2. The smallest absolute Gasteiger partial charge is 0.433 e. The topological polar surface area (TPSA) is 125 Å². The van der Waals surface area contributed by atoms with Gasteiger partial charge in [0.2, 0.25) is 10.0 Å². The lowest BCUT2D eigenvalue weighted by Gasteiger charge is -2.40. The Morgan fingerprint density at radius 1 is 1.22 bits per heavy atom. The molecular weight excluding hydrogens is 480 g/mol. The fourth-order valence-electron chi connectivity index (χ4n) is 4.69. The fraction of sp³-hybridized carbons (Fsp3) is 0.450. The Labute approximate surface area is 193 Å². The molecule has 3 atom stereocenters. The number of carbonyl (C=O) groups excluding carboxylic acids is 1. The minimum absolute atomic E-state index is 0.0215. The normalized spacial score (nSPS) is 24.8. The van der Waals surface area contributed by atoms with Crippen molar-refractivity contribution < 1.29 is 27.6 Å². The molecule has 2 bridgehead atoms. The van der Waals surface area contributed by atoms with Crippen LogP contribution in [0, 0.1) is 21.4 Å². The van der Waals surface area contributed by atoms with Crippen molar-refractivity contribution in [3.05, 3.63) is 50.8 Å². The van der Waals surface area contributed by atoms with Crippen LogP contribution in [0.1, 0.15) is 32.1 Å². The van der Waals surface area contributed by atoms with Crippen molar-refractivity contribution in [1.29, 1.82) is 0 Å². The second-order valence-corrected chi connectivity index (χ2v) is 11.8. The molecule has 0 amide bonds. The first-order valence-electron chi connectivity index (χ1n) is 10.1. The van der Waals surface area contributed by atoms with E-state index in [9.17, 15) is 23.3 Å². The highest BCUT2D eigenvalue weighted by Gasteiger charge is 2.53. The minimum Gasteiger partial charge on any atom is -0.433 e. The van der Waals surface area contributed by atoms with E-state index in [4.69, 9.17) is 21.1 Å². The van der Waals surface area contributed by atoms with E-state index in [1.165, 1.54) is 30.3 Å². The highest BCUT2D eigenvalue weighted by Crippen LogP contribution is 2.52. The van der Waals surface area contributed by atoms with Crippen LogP contribution in [-0.2, 0) is 14.8 Å². The zero-order chi connectivity index (χ0) is 22.9. The second-order valence-electron chi connectivity index (χ2n) is 8.10. The molecule has 1 aromatic carbocycles. The quantitative estimate of drug-likeness (QED) is 0.251. The number of nitrogens with zero attached hydrogens (tertiary/aromatic N) is 1. The van der Waals surface area contributed by atoms with Gasteiger partial charge in [-0.05, 0) is 55.9 Å². The molecule has 2 aromatic rings. The molecule has 1 aromatic heterocycles. The molecule has 0 radical (unpaired) electrons. The number of sulfonamides is 1. The maximum Gasteiger partial charge on any atom is 0.513 e. The van der Waals surface area contributed by atoms with E-state index >= 15 is 0 Å². The number of nitro benzene ring substituents is 1. The zero-order valence-electron chi connectivity index (χ0n) is 16.9. The van der Waals surface area contributed by atoms with Gasteiger partial charge in [-0.2, -0.15) is 0 Å². The standard InChI is InChI=1S/C20H21ClN2O7S2/c21-16-7-8-17(31-16)32(27,28)22-18-13-2-1-10-20(18,11-9-13)12-29-19(24)30-15-5-3-14(4-6-15)23(25)26/h3-8,13,18,22H,1-2,9-12H2/t13-,18-,20+/m0/s1. The molecule has 2 saturated carbocycles. The van der Waals surface area contributed by atoms with Gasteiger partial charge in [0.05, 0.1) is 9.26 Å². The van der Waals surface area contributed by atoms with Crippen LogP contribution in [0.2, 0.25) is 4.34 Å². The van der Waals surface area contributed by atoms with Gasteiger partial charge in [0, 0.05) is 23.6 Å². The number of rotatable bonds is 7. The summed E-state index contributed by atoms with van der Waals surface area (Å²) in [6.07, 6.45) is 3.21. The van der Waals surface area contributed by atoms with Crippen LogP contribution >= 0.6 is 22.9 Å². The summed E-state index contributed by atoms with van der Waals surface area (Å²) in [6.45, 7) is 0.0215. The van der Waals surface area contributed by atoms with Crippen LogP contribution < -0.4 is 9.46 Å². The third-order valence-corrected chi connectivity index (χ3v) is 9.38. The number of nitrogens with one attached hydrogen (secondary N) is 1. The average Bonchev–Trinajstić information content (AvgIpc) is 3.25. The largest absolute Gasteiger partial charge is 0.513 e. The lowest BCUT2D eigenvalue weighted by atomic mass is 9.72. The number of nitro groups is 1. The van der Waals surface area contributed by atoms with Crippen molar-refractivity contribution in [3.8, 4) is 5.75 Å². The average molecular weight is 501 g/mol. The first-order valence-corrected chi connectivity index (χ1v) is 12.7. The Morgan fingerprint density at radius 2 is 1.97 bits per heavy atom. The van der Waals surface area contributed by atoms with E-state index in [1.807, 2.05) is 0 Å². The molecule has 32 heavy (non-hydrogen) atoms. The summed E-state index contributed by atoms with van der Waals surface area (Å²) in [4.78, 5) is 22.4. The van der Waals surface area contributed by atoms with Crippen LogP contribution in [0.5, 0.6) is 5.75 Å². The Morgan fingerprint density at radius 3 is 2.62 bits per heavy atom. The first kappa shape index (κ1) is 23.0. The van der Waals surface area contributed by atoms with Gasteiger partial charge in [-0.1, -0.05) is 18.0 Å². The van der Waals surface area contributed by atoms with Crippen LogP contribution in [0.15, 0.2) is 40.6 Å². The van der Waals surface area contributed by atoms with Crippen molar-refractivity contribution in [2.24, 2.45) is 11.3 Å². The highest BCUT2D eigenvalue weighted by atomic mass is 35.5. The molecule has 2 fully saturated rings. The van der Waals surface area contributed by atoms with Gasteiger partial charge in [0.25, 0.3) is 5.69 Å². The summed E-state index contributed by atoms with van der Waals surface area (Å²) < 4.78 is 39.7. The second kappa shape index (κ2) is 8.97. The Kier molecular flexibility index (Phi) is 6.44. The summed E-state index contributed by atoms with van der Waals surface area (Å²) in [7, 11) is -3.74. The Bertz CT molecular complexity index is 1120. The molecule has 0 spiro atoms. The van der Waals surface area contributed by atoms with Gasteiger partial charge >= 0.3 is 6.16 Å². The Hall–Kier alpha value is -2.21. The summed E-state index contributed by atoms with van der Waals surface area (Å²) in [5.41, 5.74) is -0.628. The number of fused-ring (bicyclic) bond motifs is 2. The molecule has 1 N–H and O–H groups in total. The predicted molar refractivity (Wildman–Crippen MR) is 118 cm³/mol. The molecule has 0 saturated heterocycles.